The molecule has 0 aliphatic heterocycles. The van der Waals surface area contributed by atoms with E-state index in [1.54, 1.807) is 31.3 Å². The van der Waals surface area contributed by atoms with Crippen LogP contribution in [0.1, 0.15) is 15.9 Å². The van der Waals surface area contributed by atoms with Crippen LogP contribution in [0.4, 0.5) is 5.69 Å². The summed E-state index contributed by atoms with van der Waals surface area (Å²) in [4.78, 5) is 14.0. The molecule has 1 heterocycles. The molecule has 2 rings (SSSR count). The van der Waals surface area contributed by atoms with E-state index >= 15 is 0 Å². The van der Waals surface area contributed by atoms with E-state index in [0.29, 0.717) is 16.8 Å². The van der Waals surface area contributed by atoms with Crippen LogP contribution < -0.4 is 10.6 Å². The average Bonchev–Trinajstić information content (AvgIpc) is 2.83. The molecule has 0 aliphatic carbocycles. The van der Waals surface area contributed by atoms with Crippen LogP contribution in [0, 0.1) is 0 Å². The van der Waals surface area contributed by atoms with Crippen molar-refractivity contribution in [2.24, 2.45) is 5.73 Å². The maximum atomic E-state index is 12.3. The van der Waals surface area contributed by atoms with Crippen molar-refractivity contribution in [3.63, 3.8) is 0 Å². The van der Waals surface area contributed by atoms with Crippen LogP contribution in [0.5, 0.6) is 0 Å². The van der Waals surface area contributed by atoms with Gasteiger partial charge in [-0.25, -0.2) is 0 Å². The van der Waals surface area contributed by atoms with Crippen molar-refractivity contribution >= 4 is 40.4 Å². The summed E-state index contributed by atoms with van der Waals surface area (Å²) in [5.41, 5.74) is 7.20. The number of hydrogen-bond donors (Lipinski definition) is 1. The van der Waals surface area contributed by atoms with Crippen LogP contribution in [-0.2, 0) is 0 Å². The number of para-hydroxylation sites is 1. The Morgan fingerprint density at radius 1 is 1.32 bits per heavy atom. The summed E-state index contributed by atoms with van der Waals surface area (Å²) in [6.45, 7) is 0. The fourth-order valence-corrected chi connectivity index (χ4v) is 2.08. The molecule has 1 aromatic carbocycles. The second-order valence-electron chi connectivity index (χ2n) is 3.85. The zero-order valence-corrected chi connectivity index (χ0v) is 11.7. The van der Waals surface area contributed by atoms with Crippen molar-refractivity contribution in [3.8, 4) is 0 Å². The van der Waals surface area contributed by atoms with E-state index in [0.717, 1.165) is 0 Å². The topological polar surface area (TPSA) is 59.5 Å². The third-order valence-corrected chi connectivity index (χ3v) is 3.20. The number of hydrogen-bond acceptors (Lipinski definition) is 3. The normalized spacial score (nSPS) is 10.2. The van der Waals surface area contributed by atoms with Gasteiger partial charge in [0, 0.05) is 12.6 Å². The minimum Gasteiger partial charge on any atom is -0.452 e. The molecule has 0 saturated carbocycles. The molecule has 19 heavy (non-hydrogen) atoms. The zero-order valence-electron chi connectivity index (χ0n) is 10.1. The van der Waals surface area contributed by atoms with E-state index in [2.05, 4.69) is 0 Å². The number of halogens is 1. The lowest BCUT2D eigenvalue weighted by Gasteiger charge is -2.19. The summed E-state index contributed by atoms with van der Waals surface area (Å²) in [5, 5.41) is 0.0599. The summed E-state index contributed by atoms with van der Waals surface area (Å²) in [7, 11) is 1.63. The Kier molecular flexibility index (Phi) is 3.87. The summed E-state index contributed by atoms with van der Waals surface area (Å²) in [6.07, 6.45) is 1.36. The van der Waals surface area contributed by atoms with E-state index < -0.39 is 0 Å². The van der Waals surface area contributed by atoms with Crippen LogP contribution in [0.15, 0.2) is 41.0 Å². The third-order valence-electron chi connectivity index (χ3n) is 2.68. The average molecular weight is 295 g/mol. The molecule has 6 heteroatoms. The molecule has 0 fully saturated rings. The number of furan rings is 1. The van der Waals surface area contributed by atoms with Gasteiger partial charge >= 0.3 is 0 Å². The first kappa shape index (κ1) is 13.6. The van der Waals surface area contributed by atoms with Crippen molar-refractivity contribution in [1.29, 1.82) is 0 Å². The molecule has 0 aliphatic rings. The number of nitrogens with zero attached hydrogens (tertiary/aromatic N) is 1. The van der Waals surface area contributed by atoms with Gasteiger partial charge in [0.25, 0.3) is 5.91 Å². The predicted octanol–water partition coefficient (Wildman–Crippen LogP) is 2.84. The minimum atomic E-state index is -0.289. The first-order chi connectivity index (χ1) is 9.02. The number of amides is 1. The van der Waals surface area contributed by atoms with Gasteiger partial charge in [-0.2, -0.15) is 0 Å². The van der Waals surface area contributed by atoms with Gasteiger partial charge in [0.15, 0.2) is 0 Å². The number of carbonyl (C=O) groups is 1. The first-order valence-corrected chi connectivity index (χ1v) is 6.21. The number of rotatable bonds is 3. The summed E-state index contributed by atoms with van der Waals surface area (Å²) in [5.74, 6) is -0.289. The molecule has 1 aromatic heterocycles. The highest BCUT2D eigenvalue weighted by Crippen LogP contribution is 2.24. The number of benzene rings is 1. The molecule has 2 aromatic rings. The molecule has 0 atom stereocenters. The van der Waals surface area contributed by atoms with Crippen LogP contribution in [0.2, 0.25) is 5.22 Å². The Labute approximate surface area is 120 Å². The van der Waals surface area contributed by atoms with Crippen molar-refractivity contribution in [2.75, 3.05) is 11.9 Å². The maximum Gasteiger partial charge on any atom is 0.262 e. The smallest absolute Gasteiger partial charge is 0.262 e. The molecule has 0 unspecified atom stereocenters. The molecule has 0 saturated heterocycles. The molecule has 0 spiro atoms. The van der Waals surface area contributed by atoms with Gasteiger partial charge in [0.2, 0.25) is 5.22 Å². The van der Waals surface area contributed by atoms with Gasteiger partial charge in [-0.15, -0.1) is 0 Å². The molecular formula is C13H11ClN2O2S. The number of nitrogens with two attached hydrogens (primary N) is 1. The molecule has 98 valence electrons. The number of thiocarbonyl (C=S) groups is 1. The van der Waals surface area contributed by atoms with Crippen molar-refractivity contribution < 1.29 is 9.21 Å². The van der Waals surface area contributed by atoms with E-state index in [1.165, 1.54) is 17.2 Å². The Hall–Kier alpha value is -1.85. The van der Waals surface area contributed by atoms with Crippen LogP contribution in [0.3, 0.4) is 0 Å². The zero-order chi connectivity index (χ0) is 14.0. The van der Waals surface area contributed by atoms with E-state index in [4.69, 9.17) is 34.0 Å². The van der Waals surface area contributed by atoms with E-state index in [9.17, 15) is 4.79 Å². The summed E-state index contributed by atoms with van der Waals surface area (Å²) in [6, 6.07) is 8.66. The first-order valence-electron chi connectivity index (χ1n) is 5.42. The number of carbonyl (C=O) groups excluding carboxylic acids is 1. The van der Waals surface area contributed by atoms with Gasteiger partial charge in [-0.1, -0.05) is 24.4 Å². The second kappa shape index (κ2) is 5.42. The predicted molar refractivity (Wildman–Crippen MR) is 78.8 cm³/mol. The van der Waals surface area contributed by atoms with Gasteiger partial charge in [-0.05, 0) is 29.8 Å². The molecular weight excluding hydrogens is 284 g/mol. The summed E-state index contributed by atoms with van der Waals surface area (Å²) >= 11 is 10.8. The highest BCUT2D eigenvalue weighted by atomic mass is 35.5. The van der Waals surface area contributed by atoms with Gasteiger partial charge < -0.3 is 15.1 Å². The minimum absolute atomic E-state index is 0.0599. The van der Waals surface area contributed by atoms with Crippen molar-refractivity contribution in [3.05, 3.63) is 52.9 Å². The van der Waals surface area contributed by atoms with E-state index in [1.807, 2.05) is 0 Å². The fraction of sp³-hybridized carbons (Fsp3) is 0.0769. The quantitative estimate of drug-likeness (QED) is 0.884. The maximum absolute atomic E-state index is 12.3. The van der Waals surface area contributed by atoms with Crippen LogP contribution >= 0.6 is 23.8 Å². The summed E-state index contributed by atoms with van der Waals surface area (Å²) < 4.78 is 4.92. The van der Waals surface area contributed by atoms with E-state index in [-0.39, 0.29) is 16.1 Å². The molecule has 1 amide bonds. The molecule has 0 bridgehead atoms. The second-order valence-corrected chi connectivity index (χ2v) is 4.64. The Bertz CT molecular complexity index is 639. The Morgan fingerprint density at radius 2 is 2.00 bits per heavy atom. The van der Waals surface area contributed by atoms with Crippen molar-refractivity contribution in [1.82, 2.24) is 0 Å². The lowest BCUT2D eigenvalue weighted by Crippen LogP contribution is -2.28. The SMILES string of the molecule is CN(C(=O)c1ccoc1Cl)c1ccccc1C(N)=S. The van der Waals surface area contributed by atoms with Crippen LogP contribution in [0.25, 0.3) is 0 Å². The van der Waals surface area contributed by atoms with Gasteiger partial charge in [0.1, 0.15) is 4.99 Å². The molecule has 0 radical (unpaired) electrons. The van der Waals surface area contributed by atoms with Gasteiger partial charge in [0.05, 0.1) is 17.5 Å². The molecule has 4 nitrogen and oxygen atoms in total. The van der Waals surface area contributed by atoms with Gasteiger partial charge in [-0.3, -0.25) is 4.79 Å². The lowest BCUT2D eigenvalue weighted by molar-refractivity contribution is 0.0992. The van der Waals surface area contributed by atoms with Crippen molar-refractivity contribution in [2.45, 2.75) is 0 Å². The highest BCUT2D eigenvalue weighted by molar-refractivity contribution is 7.80. The third kappa shape index (κ3) is 2.62. The number of anilines is 1. The fourth-order valence-electron chi connectivity index (χ4n) is 1.71. The standard InChI is InChI=1S/C13H11ClN2O2S/c1-16(13(17)9-6-7-18-11(9)14)10-5-3-2-4-8(10)12(15)19/h2-7H,1H3,(H2,15,19). The Balaban J connectivity index is 2.40. The molecule has 2 N–H and O–H groups in total. The highest BCUT2D eigenvalue weighted by Gasteiger charge is 2.20. The Morgan fingerprint density at radius 3 is 2.58 bits per heavy atom. The lowest BCUT2D eigenvalue weighted by atomic mass is 10.1. The monoisotopic (exact) mass is 294 g/mol. The largest absolute Gasteiger partial charge is 0.452 e. The van der Waals surface area contributed by atoms with Crippen LogP contribution in [-0.4, -0.2) is 17.9 Å².